The second-order valence-electron chi connectivity index (χ2n) is 6.29. The molecule has 0 saturated heterocycles. The van der Waals surface area contributed by atoms with Gasteiger partial charge < -0.3 is 4.12 Å². The van der Waals surface area contributed by atoms with Crippen LogP contribution in [0.4, 0.5) is 0 Å². The van der Waals surface area contributed by atoms with Crippen molar-refractivity contribution in [2.45, 2.75) is 45.1 Å². The minimum Gasteiger partial charge on any atom is -0.453 e. The van der Waals surface area contributed by atoms with Crippen LogP contribution in [0.25, 0.3) is 0 Å². The lowest BCUT2D eigenvalue weighted by Crippen LogP contribution is -2.43. The van der Waals surface area contributed by atoms with Crippen molar-refractivity contribution < 1.29 is 13.7 Å². The van der Waals surface area contributed by atoms with Gasteiger partial charge in [0.05, 0.1) is 0 Å². The third-order valence-electron chi connectivity index (χ3n) is 3.34. The largest absolute Gasteiger partial charge is 0.453 e. The summed E-state index contributed by atoms with van der Waals surface area (Å²) in [4.78, 5) is 24.1. The van der Waals surface area contributed by atoms with Crippen molar-refractivity contribution in [3.8, 4) is 0 Å². The molecule has 0 aromatic carbocycles. The molecule has 1 aliphatic heterocycles. The number of unbranched alkanes of at least 4 members (excludes halogenated alkanes) is 1. The maximum Gasteiger partial charge on any atom is 0.253 e. The summed E-state index contributed by atoms with van der Waals surface area (Å²) in [5, 5.41) is 0. The zero-order chi connectivity index (χ0) is 15.4. The first-order chi connectivity index (χ1) is 9.17. The van der Waals surface area contributed by atoms with Gasteiger partial charge in [0, 0.05) is 18.7 Å². The van der Waals surface area contributed by atoms with Crippen LogP contribution < -0.4 is 0 Å². The van der Waals surface area contributed by atoms with Gasteiger partial charge in [0.25, 0.3) is 11.8 Å². The van der Waals surface area contributed by atoms with E-state index in [9.17, 15) is 9.59 Å². The van der Waals surface area contributed by atoms with Crippen LogP contribution in [-0.4, -0.2) is 39.9 Å². The van der Waals surface area contributed by atoms with Gasteiger partial charge in [-0.05, 0) is 38.7 Å². The first kappa shape index (κ1) is 17.1. The van der Waals surface area contributed by atoms with Crippen LogP contribution >= 0.6 is 0 Å². The Morgan fingerprint density at radius 2 is 1.70 bits per heavy atom. The molecule has 0 unspecified atom stereocenters. The van der Waals surface area contributed by atoms with Gasteiger partial charge in [-0.1, -0.05) is 12.1 Å². The molecule has 4 nitrogen and oxygen atoms in total. The Labute approximate surface area is 123 Å². The van der Waals surface area contributed by atoms with Gasteiger partial charge >= 0.3 is 0 Å². The van der Waals surface area contributed by atoms with Gasteiger partial charge in [-0.15, -0.1) is 6.58 Å². The van der Waals surface area contributed by atoms with E-state index < -0.39 is 16.6 Å². The number of rotatable bonds is 8. The molecule has 0 aliphatic carbocycles. The van der Waals surface area contributed by atoms with Crippen molar-refractivity contribution in [3.05, 3.63) is 24.4 Å². The van der Waals surface area contributed by atoms with E-state index in [0.29, 0.717) is 6.54 Å². The molecule has 0 fully saturated rings. The maximum absolute atomic E-state index is 11.4. The second-order valence-corrected chi connectivity index (χ2v) is 14.7. The predicted octanol–water partition coefficient (Wildman–Crippen LogP) is 2.84. The molecule has 0 aromatic heterocycles. The molecule has 20 heavy (non-hydrogen) atoms. The quantitative estimate of drug-likeness (QED) is 0.393. The summed E-state index contributed by atoms with van der Waals surface area (Å²) in [6, 6.07) is 1.04. The van der Waals surface area contributed by atoms with Crippen molar-refractivity contribution in [3.63, 3.8) is 0 Å². The van der Waals surface area contributed by atoms with E-state index in [0.717, 1.165) is 18.9 Å². The fraction of sp³-hybridized carbons (Fsp3) is 0.571. The molecule has 1 heterocycles. The van der Waals surface area contributed by atoms with Crippen LogP contribution in [0, 0.1) is 0 Å². The summed E-state index contributed by atoms with van der Waals surface area (Å²) in [5.41, 5.74) is 1.97. The highest BCUT2D eigenvalue weighted by molar-refractivity contribution is 6.87. The smallest absolute Gasteiger partial charge is 0.253 e. The van der Waals surface area contributed by atoms with Crippen LogP contribution in [-0.2, 0) is 13.7 Å². The third kappa shape index (κ3) is 5.18. The third-order valence-corrected chi connectivity index (χ3v) is 10.2. The van der Waals surface area contributed by atoms with Gasteiger partial charge in [0.1, 0.15) is 0 Å². The van der Waals surface area contributed by atoms with Crippen molar-refractivity contribution >= 4 is 28.4 Å². The molecular formula is C14H25NO3Si2. The van der Waals surface area contributed by atoms with E-state index in [1.54, 1.807) is 0 Å². The molecule has 0 radical (unpaired) electrons. The molecule has 0 bridgehead atoms. The minimum absolute atomic E-state index is 0.192. The molecule has 112 valence electrons. The molecule has 1 rings (SSSR count). The number of carbonyl (C=O) groups is 2. The predicted molar refractivity (Wildman–Crippen MR) is 86.1 cm³/mol. The minimum atomic E-state index is -1.72. The van der Waals surface area contributed by atoms with Gasteiger partial charge in [0.15, 0.2) is 16.6 Å². The average Bonchev–Trinajstić information content (AvgIpc) is 2.64. The van der Waals surface area contributed by atoms with Crippen LogP contribution in [0.3, 0.4) is 0 Å². The summed E-state index contributed by atoms with van der Waals surface area (Å²) in [6.07, 6.45) is 4.50. The highest BCUT2D eigenvalue weighted by atomic mass is 28.4. The van der Waals surface area contributed by atoms with Crippen molar-refractivity contribution in [1.82, 2.24) is 4.90 Å². The number of hydrogen-bond acceptors (Lipinski definition) is 3. The number of nitrogens with zero attached hydrogens (tertiary/aromatic N) is 1. The lowest BCUT2D eigenvalue weighted by atomic mass is 10.3. The molecule has 6 heteroatoms. The monoisotopic (exact) mass is 311 g/mol. The Morgan fingerprint density at radius 1 is 1.15 bits per heavy atom. The Morgan fingerprint density at radius 3 is 2.20 bits per heavy atom. The first-order valence-corrected chi connectivity index (χ1v) is 13.1. The second kappa shape index (κ2) is 6.64. The molecule has 0 aromatic rings. The number of imide groups is 1. The molecule has 0 spiro atoms. The van der Waals surface area contributed by atoms with E-state index in [1.807, 2.05) is 5.70 Å². The van der Waals surface area contributed by atoms with Gasteiger partial charge in [-0.25, -0.2) is 0 Å². The molecule has 0 atom stereocenters. The Bertz CT molecular complexity index is 412. The van der Waals surface area contributed by atoms with Crippen molar-refractivity contribution in [2.24, 2.45) is 0 Å². The summed E-state index contributed by atoms with van der Waals surface area (Å²) < 4.78 is 6.29. The van der Waals surface area contributed by atoms with E-state index in [2.05, 4.69) is 32.8 Å². The Kier molecular flexibility index (Phi) is 5.67. The molecule has 0 saturated carbocycles. The fourth-order valence-corrected chi connectivity index (χ4v) is 9.82. The lowest BCUT2D eigenvalue weighted by molar-refractivity contribution is -0.136. The van der Waals surface area contributed by atoms with Crippen molar-refractivity contribution in [1.29, 1.82) is 0 Å². The van der Waals surface area contributed by atoms with Gasteiger partial charge in [-0.2, -0.15) is 0 Å². The van der Waals surface area contributed by atoms with Gasteiger partial charge in [0.2, 0.25) is 0 Å². The molecule has 2 amide bonds. The molecular weight excluding hydrogens is 286 g/mol. The molecule has 1 aliphatic rings. The Balaban J connectivity index is 2.31. The normalized spacial score (nSPS) is 16.1. The van der Waals surface area contributed by atoms with Crippen molar-refractivity contribution in [2.75, 3.05) is 6.54 Å². The van der Waals surface area contributed by atoms with Gasteiger partial charge in [-0.3, -0.25) is 14.5 Å². The highest BCUT2D eigenvalue weighted by Crippen LogP contribution is 2.21. The highest BCUT2D eigenvalue weighted by Gasteiger charge is 2.30. The number of hydrogen-bond donors (Lipinski definition) is 0. The summed E-state index contributed by atoms with van der Waals surface area (Å²) in [6.45, 7) is 13.1. The van der Waals surface area contributed by atoms with E-state index >= 15 is 0 Å². The Hall–Kier alpha value is -0.986. The van der Waals surface area contributed by atoms with Crippen LogP contribution in [0.15, 0.2) is 24.4 Å². The topological polar surface area (TPSA) is 46.6 Å². The van der Waals surface area contributed by atoms with Crippen LogP contribution in [0.1, 0.15) is 12.8 Å². The zero-order valence-corrected chi connectivity index (χ0v) is 14.9. The molecule has 0 N–H and O–H groups in total. The maximum atomic E-state index is 11.4. The standard InChI is InChI=1S/C14H25NO3Si2/c1-6-19(2,3)18-20(4,5)12-8-7-11-15-13(16)9-10-14(15)17/h6,9-10H,1,7-8,11-12H2,2-5H3. The number of carbonyl (C=O) groups excluding carboxylic acids is 2. The number of amides is 2. The SMILES string of the molecule is C=C[Si](C)(C)O[Si](C)(C)CCCCN1C(=O)C=CC1=O. The first-order valence-electron chi connectivity index (χ1n) is 7.04. The summed E-state index contributed by atoms with van der Waals surface area (Å²) >= 11 is 0. The summed E-state index contributed by atoms with van der Waals surface area (Å²) in [5.74, 6) is -0.383. The summed E-state index contributed by atoms with van der Waals surface area (Å²) in [7, 11) is -3.41. The van der Waals surface area contributed by atoms with E-state index in [1.165, 1.54) is 17.1 Å². The van der Waals surface area contributed by atoms with E-state index in [4.69, 9.17) is 4.12 Å². The van der Waals surface area contributed by atoms with Crippen LogP contribution in [0.5, 0.6) is 0 Å². The fourth-order valence-electron chi connectivity index (χ4n) is 2.28. The van der Waals surface area contributed by atoms with E-state index in [-0.39, 0.29) is 11.8 Å². The zero-order valence-electron chi connectivity index (χ0n) is 12.9. The van der Waals surface area contributed by atoms with Crippen LogP contribution in [0.2, 0.25) is 32.2 Å². The lowest BCUT2D eigenvalue weighted by Gasteiger charge is -2.32. The average molecular weight is 312 g/mol.